The molecule has 0 saturated carbocycles. The van der Waals surface area contributed by atoms with Gasteiger partial charge in [-0.2, -0.15) is 0 Å². The lowest BCUT2D eigenvalue weighted by molar-refractivity contribution is 0.102. The lowest BCUT2D eigenvalue weighted by atomic mass is 10.1. The van der Waals surface area contributed by atoms with E-state index in [1.165, 1.54) is 11.3 Å². The van der Waals surface area contributed by atoms with Gasteiger partial charge < -0.3 is 4.74 Å². The van der Waals surface area contributed by atoms with E-state index in [4.69, 9.17) is 9.88 Å². The summed E-state index contributed by atoms with van der Waals surface area (Å²) >= 11 is 5.47. The van der Waals surface area contributed by atoms with Gasteiger partial charge in [-0.3, -0.25) is 10.1 Å². The van der Waals surface area contributed by atoms with Crippen molar-refractivity contribution >= 4 is 59.7 Å². The van der Waals surface area contributed by atoms with Crippen molar-refractivity contribution in [2.75, 3.05) is 19.0 Å². The fraction of sp³-hybridized carbons (Fsp3) is 0.333. The second kappa shape index (κ2) is 7.36. The molecule has 7 nitrogen and oxygen atoms in total. The maximum atomic E-state index is 12.5. The molecule has 11 heteroatoms. The molecule has 0 aromatic carbocycles. The van der Waals surface area contributed by atoms with Gasteiger partial charge in [0.25, 0.3) is 5.91 Å². The van der Waals surface area contributed by atoms with Gasteiger partial charge >= 0.3 is 0 Å². The van der Waals surface area contributed by atoms with Gasteiger partial charge in [0.1, 0.15) is 4.21 Å². The molecule has 0 unspecified atom stereocenters. The number of carbonyl (C=O) groups is 1. The number of methoxy groups -OCH3 is 1. The Morgan fingerprint density at radius 2 is 2.17 bits per heavy atom. The first-order chi connectivity index (χ1) is 10.7. The van der Waals surface area contributed by atoms with Gasteiger partial charge in [0, 0.05) is 18.4 Å². The van der Waals surface area contributed by atoms with E-state index < -0.39 is 15.9 Å². The van der Waals surface area contributed by atoms with Crippen LogP contribution in [0.4, 0.5) is 5.13 Å². The van der Waals surface area contributed by atoms with E-state index in [9.17, 15) is 13.2 Å². The van der Waals surface area contributed by atoms with Crippen molar-refractivity contribution in [2.24, 2.45) is 5.14 Å². The third kappa shape index (κ3) is 4.37. The topological polar surface area (TPSA) is 111 Å². The highest BCUT2D eigenvalue weighted by molar-refractivity contribution is 9.11. The Bertz CT molecular complexity index is 829. The maximum Gasteiger partial charge on any atom is 0.259 e. The highest BCUT2D eigenvalue weighted by Gasteiger charge is 2.27. The largest absolute Gasteiger partial charge is 0.384 e. The summed E-state index contributed by atoms with van der Waals surface area (Å²) in [5, 5.41) is 8.22. The van der Waals surface area contributed by atoms with Gasteiger partial charge in [0.05, 0.1) is 22.2 Å². The number of thiophene rings is 1. The van der Waals surface area contributed by atoms with Gasteiger partial charge in [-0.25, -0.2) is 18.5 Å². The van der Waals surface area contributed by atoms with E-state index in [0.717, 1.165) is 20.0 Å². The third-order valence-corrected chi connectivity index (χ3v) is 7.14. The number of halogens is 1. The highest BCUT2D eigenvalue weighted by Crippen LogP contribution is 2.33. The number of primary sulfonamides is 1. The number of hydrogen-bond acceptors (Lipinski definition) is 7. The molecular weight excluding hydrogens is 426 g/mol. The zero-order valence-electron chi connectivity index (χ0n) is 12.3. The van der Waals surface area contributed by atoms with Crippen LogP contribution in [0.2, 0.25) is 0 Å². The summed E-state index contributed by atoms with van der Waals surface area (Å²) in [6.45, 7) is 2.12. The lowest BCUT2D eigenvalue weighted by Crippen LogP contribution is -2.19. The van der Waals surface area contributed by atoms with Crippen LogP contribution in [0.25, 0.3) is 0 Å². The third-order valence-electron chi connectivity index (χ3n) is 2.93. The number of aromatic nitrogens is 1. The summed E-state index contributed by atoms with van der Waals surface area (Å²) in [6, 6.07) is 0. The molecule has 2 aromatic rings. The standard InChI is InChI=1S/C12H14BrN3O4S3/c1-6-7(3-4-20-2)21-11(23(14,18)19)9(6)10(17)16-12-15-5-8(13)22-12/h5H,3-4H2,1-2H3,(H2,14,18,19)(H,15,16,17). The second-order valence-corrected chi connectivity index (χ2v) is 9.80. The van der Waals surface area contributed by atoms with Crippen molar-refractivity contribution < 1.29 is 17.9 Å². The first-order valence-corrected chi connectivity index (χ1v) is 10.3. The SMILES string of the molecule is COCCc1sc(S(N)(=O)=O)c(C(=O)Nc2ncc(Br)s2)c1C. The Balaban J connectivity index is 2.42. The predicted molar refractivity (Wildman–Crippen MR) is 93.8 cm³/mol. The predicted octanol–water partition coefficient (Wildman–Crippen LogP) is 2.36. The number of rotatable bonds is 6. The number of nitrogens with one attached hydrogen (secondary N) is 1. The van der Waals surface area contributed by atoms with E-state index in [-0.39, 0.29) is 9.77 Å². The smallest absolute Gasteiger partial charge is 0.259 e. The second-order valence-electron chi connectivity index (χ2n) is 4.52. The minimum absolute atomic E-state index is 0.0647. The highest BCUT2D eigenvalue weighted by atomic mass is 79.9. The van der Waals surface area contributed by atoms with E-state index in [1.807, 2.05) is 0 Å². The van der Waals surface area contributed by atoms with Gasteiger partial charge in [-0.1, -0.05) is 11.3 Å². The Morgan fingerprint density at radius 3 is 2.70 bits per heavy atom. The van der Waals surface area contributed by atoms with Crippen molar-refractivity contribution in [2.45, 2.75) is 17.6 Å². The van der Waals surface area contributed by atoms with E-state index >= 15 is 0 Å². The number of amides is 1. The molecule has 0 spiro atoms. The Labute approximate surface area is 150 Å². The molecule has 23 heavy (non-hydrogen) atoms. The number of anilines is 1. The van der Waals surface area contributed by atoms with Crippen LogP contribution in [0.3, 0.4) is 0 Å². The van der Waals surface area contributed by atoms with Crippen LogP contribution in [0.1, 0.15) is 20.8 Å². The normalized spacial score (nSPS) is 11.7. The average molecular weight is 440 g/mol. The van der Waals surface area contributed by atoms with Crippen LogP contribution in [0.15, 0.2) is 14.2 Å². The van der Waals surface area contributed by atoms with Crippen LogP contribution < -0.4 is 10.5 Å². The maximum absolute atomic E-state index is 12.5. The number of thiazole rings is 1. The summed E-state index contributed by atoms with van der Waals surface area (Å²) in [4.78, 5) is 17.2. The molecule has 2 heterocycles. The molecule has 2 aromatic heterocycles. The Kier molecular flexibility index (Phi) is 5.92. The van der Waals surface area contributed by atoms with Crippen LogP contribution in [-0.2, 0) is 21.2 Å². The van der Waals surface area contributed by atoms with E-state index in [2.05, 4.69) is 26.2 Å². The van der Waals surface area contributed by atoms with Gasteiger partial charge in [-0.05, 0) is 28.4 Å². The number of sulfonamides is 1. The monoisotopic (exact) mass is 439 g/mol. The number of nitrogens with zero attached hydrogens (tertiary/aromatic N) is 1. The van der Waals surface area contributed by atoms with Gasteiger partial charge in [-0.15, -0.1) is 11.3 Å². The number of hydrogen-bond donors (Lipinski definition) is 2. The van der Waals surface area contributed by atoms with Crippen molar-refractivity contribution in [3.63, 3.8) is 0 Å². The van der Waals surface area contributed by atoms with Crippen LogP contribution in [0, 0.1) is 6.92 Å². The van der Waals surface area contributed by atoms with Crippen LogP contribution >= 0.6 is 38.6 Å². The summed E-state index contributed by atoms with van der Waals surface area (Å²) in [5.41, 5.74) is 0.652. The van der Waals surface area contributed by atoms with Crippen molar-refractivity contribution in [1.29, 1.82) is 0 Å². The quantitative estimate of drug-likeness (QED) is 0.717. The molecule has 1 amide bonds. The molecule has 0 saturated heterocycles. The van der Waals surface area contributed by atoms with Gasteiger partial charge in [0.2, 0.25) is 10.0 Å². The summed E-state index contributed by atoms with van der Waals surface area (Å²) < 4.78 is 29.2. The molecule has 0 bridgehead atoms. The first kappa shape index (κ1) is 18.5. The molecule has 126 valence electrons. The van der Waals surface area contributed by atoms with Crippen molar-refractivity contribution in [3.8, 4) is 0 Å². The average Bonchev–Trinajstić information content (AvgIpc) is 3.00. The zero-order chi connectivity index (χ0) is 17.2. The minimum Gasteiger partial charge on any atom is -0.384 e. The molecule has 2 rings (SSSR count). The molecule has 0 fully saturated rings. The lowest BCUT2D eigenvalue weighted by Gasteiger charge is -2.04. The summed E-state index contributed by atoms with van der Waals surface area (Å²) in [5.74, 6) is -0.548. The van der Waals surface area contributed by atoms with Crippen LogP contribution in [0.5, 0.6) is 0 Å². The minimum atomic E-state index is -4.00. The molecule has 3 N–H and O–H groups in total. The number of carbonyl (C=O) groups excluding carboxylic acids is 1. The number of nitrogens with two attached hydrogens (primary N) is 1. The fourth-order valence-corrected chi connectivity index (χ4v) is 5.31. The van der Waals surface area contributed by atoms with E-state index in [0.29, 0.717) is 23.7 Å². The molecule has 0 radical (unpaired) electrons. The molecule has 0 aliphatic rings. The first-order valence-electron chi connectivity index (χ1n) is 6.30. The summed E-state index contributed by atoms with van der Waals surface area (Å²) in [6.07, 6.45) is 2.05. The van der Waals surface area contributed by atoms with Crippen LogP contribution in [-0.4, -0.2) is 33.0 Å². The fourth-order valence-electron chi connectivity index (χ4n) is 1.90. The number of ether oxygens (including phenoxy) is 1. The zero-order valence-corrected chi connectivity index (χ0v) is 16.3. The van der Waals surface area contributed by atoms with Crippen molar-refractivity contribution in [1.82, 2.24) is 4.98 Å². The van der Waals surface area contributed by atoms with E-state index in [1.54, 1.807) is 20.2 Å². The molecule has 0 aliphatic carbocycles. The summed E-state index contributed by atoms with van der Waals surface area (Å²) in [7, 11) is -2.45. The Morgan fingerprint density at radius 1 is 1.48 bits per heavy atom. The molecule has 0 aliphatic heterocycles. The Hall–Kier alpha value is -0.850. The van der Waals surface area contributed by atoms with Gasteiger partial charge in [0.15, 0.2) is 5.13 Å². The van der Waals surface area contributed by atoms with Crippen molar-refractivity contribution in [3.05, 3.63) is 26.0 Å². The molecule has 0 atom stereocenters. The molecular formula is C12H14BrN3O4S3.